The lowest BCUT2D eigenvalue weighted by Gasteiger charge is -2.17. The minimum Gasteiger partial charge on any atom is -0.373 e. The highest BCUT2D eigenvalue weighted by Crippen LogP contribution is 2.23. The van der Waals surface area contributed by atoms with Crippen molar-refractivity contribution in [1.82, 2.24) is 19.5 Å². The molecule has 4 rings (SSSR count). The summed E-state index contributed by atoms with van der Waals surface area (Å²) in [6, 6.07) is 2.37. The summed E-state index contributed by atoms with van der Waals surface area (Å²) in [4.78, 5) is 19.6. The van der Waals surface area contributed by atoms with E-state index in [-0.39, 0.29) is 5.78 Å². The van der Waals surface area contributed by atoms with Crippen LogP contribution in [0.3, 0.4) is 0 Å². The molecule has 2 aliphatic rings. The third kappa shape index (κ3) is 2.65. The number of fused-ring (bicyclic) bond motifs is 3. The highest BCUT2D eigenvalue weighted by molar-refractivity contribution is 6.01. The van der Waals surface area contributed by atoms with E-state index < -0.39 is 0 Å². The highest BCUT2D eigenvalue weighted by Gasteiger charge is 2.24. The molecule has 2 aliphatic heterocycles. The predicted octanol–water partition coefficient (Wildman–Crippen LogP) is 1.62. The fourth-order valence-electron chi connectivity index (χ4n) is 3.53. The van der Waals surface area contributed by atoms with E-state index in [4.69, 9.17) is 0 Å². The Morgan fingerprint density at radius 2 is 2.26 bits per heavy atom. The average molecular weight is 314 g/mol. The number of carbonyl (C=O) groups excluding carboxylic acids is 1. The maximum atomic E-state index is 12.5. The molecule has 4 heterocycles. The van der Waals surface area contributed by atoms with Gasteiger partial charge in [-0.3, -0.25) is 4.79 Å². The van der Waals surface area contributed by atoms with Crippen LogP contribution in [0.25, 0.3) is 5.65 Å². The second-order valence-electron chi connectivity index (χ2n) is 6.38. The minimum absolute atomic E-state index is 0.131. The second kappa shape index (κ2) is 5.81. The van der Waals surface area contributed by atoms with Gasteiger partial charge in [-0.15, -0.1) is 0 Å². The predicted molar refractivity (Wildman–Crippen MR) is 89.2 cm³/mol. The lowest BCUT2D eigenvalue weighted by atomic mass is 10.1. The lowest BCUT2D eigenvalue weighted by Crippen LogP contribution is -2.27. The van der Waals surface area contributed by atoms with Gasteiger partial charge in [0.25, 0.3) is 0 Å². The monoisotopic (exact) mass is 314 g/mol. The molecule has 0 aliphatic carbocycles. The van der Waals surface area contributed by atoms with Crippen LogP contribution in [0.1, 0.15) is 36.0 Å². The number of Topliss-reactive ketones (excluding diaryl/α,β-unsaturated/α-hetero) is 1. The van der Waals surface area contributed by atoms with Crippen LogP contribution >= 0.6 is 0 Å². The molecule has 23 heavy (non-hydrogen) atoms. The molecule has 7 heteroatoms. The van der Waals surface area contributed by atoms with Gasteiger partial charge in [-0.2, -0.15) is 9.61 Å². The van der Waals surface area contributed by atoms with Crippen molar-refractivity contribution in [2.75, 3.05) is 37.3 Å². The zero-order valence-electron chi connectivity index (χ0n) is 13.4. The number of aromatic nitrogens is 3. The Labute approximate surface area is 135 Å². The Balaban J connectivity index is 1.79. The highest BCUT2D eigenvalue weighted by atomic mass is 16.1. The maximum Gasteiger partial charge on any atom is 0.170 e. The smallest absolute Gasteiger partial charge is 0.170 e. The molecule has 2 unspecified atom stereocenters. The van der Waals surface area contributed by atoms with Crippen LogP contribution in [-0.4, -0.2) is 58.0 Å². The molecule has 0 aromatic carbocycles. The minimum atomic E-state index is 0.131. The van der Waals surface area contributed by atoms with Gasteiger partial charge in [0.15, 0.2) is 11.4 Å². The van der Waals surface area contributed by atoms with E-state index in [2.05, 4.69) is 25.6 Å². The lowest BCUT2D eigenvalue weighted by molar-refractivity contribution is 0.0979. The van der Waals surface area contributed by atoms with Crippen LogP contribution in [0.5, 0.6) is 0 Å². The molecule has 0 saturated carbocycles. The number of nitrogens with zero attached hydrogens (tertiary/aromatic N) is 4. The Bertz CT molecular complexity index is 739. The van der Waals surface area contributed by atoms with Crippen LogP contribution in [0.2, 0.25) is 0 Å². The van der Waals surface area contributed by atoms with Crippen molar-refractivity contribution >= 4 is 23.1 Å². The largest absolute Gasteiger partial charge is 0.373 e. The first-order chi connectivity index (χ1) is 11.2. The van der Waals surface area contributed by atoms with Crippen molar-refractivity contribution in [2.45, 2.75) is 31.7 Å². The van der Waals surface area contributed by atoms with Gasteiger partial charge in [0, 0.05) is 38.7 Å². The first kappa shape index (κ1) is 14.4. The van der Waals surface area contributed by atoms with Crippen LogP contribution in [0.4, 0.5) is 11.6 Å². The summed E-state index contributed by atoms with van der Waals surface area (Å²) in [5.74, 6) is 1.77. The Morgan fingerprint density at radius 1 is 1.35 bits per heavy atom. The number of rotatable bonds is 1. The molecule has 0 spiro atoms. The van der Waals surface area contributed by atoms with Gasteiger partial charge in [0.05, 0.1) is 11.8 Å². The van der Waals surface area contributed by atoms with Gasteiger partial charge >= 0.3 is 0 Å². The Morgan fingerprint density at radius 3 is 3.13 bits per heavy atom. The molecule has 0 radical (unpaired) electrons. The Hall–Kier alpha value is -2.15. The zero-order chi connectivity index (χ0) is 15.8. The van der Waals surface area contributed by atoms with Crippen LogP contribution in [0.15, 0.2) is 12.3 Å². The van der Waals surface area contributed by atoms with Crippen molar-refractivity contribution in [3.8, 4) is 0 Å². The van der Waals surface area contributed by atoms with Gasteiger partial charge in [-0.25, -0.2) is 4.98 Å². The fraction of sp³-hybridized carbons (Fsp3) is 0.562. The topological polar surface area (TPSA) is 74.6 Å². The molecule has 4 bridgehead atoms. The van der Waals surface area contributed by atoms with Gasteiger partial charge in [0.2, 0.25) is 0 Å². The number of anilines is 2. The SMILES string of the molecule is CNc1cc2nc3c(cnn13)C(=O)CCCCN1CCC(C1)N2. The number of carbonyl (C=O) groups is 1. The van der Waals surface area contributed by atoms with E-state index in [1.807, 2.05) is 13.1 Å². The number of nitrogens with one attached hydrogen (secondary N) is 2. The fourth-order valence-corrected chi connectivity index (χ4v) is 3.53. The molecule has 2 aromatic heterocycles. The third-order valence-electron chi connectivity index (χ3n) is 4.78. The summed E-state index contributed by atoms with van der Waals surface area (Å²) >= 11 is 0. The molecular weight excluding hydrogens is 292 g/mol. The molecule has 0 amide bonds. The average Bonchev–Trinajstić information content (AvgIpc) is 3.17. The summed E-state index contributed by atoms with van der Waals surface area (Å²) in [7, 11) is 1.85. The molecular formula is C16H22N6O. The Kier molecular flexibility index (Phi) is 3.65. The van der Waals surface area contributed by atoms with E-state index in [0.29, 0.717) is 23.7 Å². The zero-order valence-corrected chi connectivity index (χ0v) is 13.4. The number of hydrogen-bond donors (Lipinski definition) is 2. The van der Waals surface area contributed by atoms with Crippen LogP contribution in [-0.2, 0) is 0 Å². The normalized spacial score (nSPS) is 24.8. The number of ketones is 1. The summed E-state index contributed by atoms with van der Waals surface area (Å²) in [5.41, 5.74) is 1.26. The summed E-state index contributed by atoms with van der Waals surface area (Å²) in [6.07, 6.45) is 5.32. The summed E-state index contributed by atoms with van der Waals surface area (Å²) in [5, 5.41) is 11.0. The standard InChI is InChI=1S/C16H22N6O/c1-17-15-8-14-19-11-5-7-21(10-11)6-3-2-4-13(23)12-9-18-22(15)16(12)20-14/h8-9,11,17H,2-7,10H2,1H3,(H,19,20). The van der Waals surface area contributed by atoms with E-state index in [9.17, 15) is 4.79 Å². The molecule has 2 aromatic rings. The van der Waals surface area contributed by atoms with Crippen molar-refractivity contribution in [2.24, 2.45) is 0 Å². The van der Waals surface area contributed by atoms with E-state index in [1.165, 1.54) is 0 Å². The van der Waals surface area contributed by atoms with Crippen molar-refractivity contribution in [1.29, 1.82) is 0 Å². The van der Waals surface area contributed by atoms with Gasteiger partial charge in [0.1, 0.15) is 11.6 Å². The quantitative estimate of drug-likeness (QED) is 0.833. The van der Waals surface area contributed by atoms with Crippen molar-refractivity contribution in [3.63, 3.8) is 0 Å². The molecule has 7 nitrogen and oxygen atoms in total. The molecule has 2 N–H and O–H groups in total. The molecule has 2 atom stereocenters. The molecule has 1 fully saturated rings. The molecule has 1 saturated heterocycles. The van der Waals surface area contributed by atoms with Crippen molar-refractivity contribution < 1.29 is 4.79 Å². The first-order valence-electron chi connectivity index (χ1n) is 8.33. The number of hydrogen-bond acceptors (Lipinski definition) is 6. The van der Waals surface area contributed by atoms with Gasteiger partial charge in [-0.05, 0) is 25.8 Å². The summed E-state index contributed by atoms with van der Waals surface area (Å²) in [6.45, 7) is 3.23. The third-order valence-corrected chi connectivity index (χ3v) is 4.78. The molecule has 122 valence electrons. The van der Waals surface area contributed by atoms with E-state index in [1.54, 1.807) is 10.7 Å². The first-order valence-corrected chi connectivity index (χ1v) is 8.33. The van der Waals surface area contributed by atoms with Crippen molar-refractivity contribution in [3.05, 3.63) is 17.8 Å². The second-order valence-corrected chi connectivity index (χ2v) is 6.38. The van der Waals surface area contributed by atoms with Crippen LogP contribution in [0, 0.1) is 0 Å². The van der Waals surface area contributed by atoms with E-state index in [0.717, 1.165) is 50.5 Å². The maximum absolute atomic E-state index is 12.5. The van der Waals surface area contributed by atoms with Gasteiger partial charge in [-0.1, -0.05) is 0 Å². The summed E-state index contributed by atoms with van der Waals surface area (Å²) < 4.78 is 1.71. The van der Waals surface area contributed by atoms with Crippen LogP contribution < -0.4 is 10.6 Å². The van der Waals surface area contributed by atoms with Gasteiger partial charge < -0.3 is 15.5 Å². The van der Waals surface area contributed by atoms with E-state index >= 15 is 0 Å².